The third-order valence-electron chi connectivity index (χ3n) is 3.72. The minimum atomic E-state index is -0.416. The molecule has 0 radical (unpaired) electrons. The van der Waals surface area contributed by atoms with Crippen LogP contribution in [0.25, 0.3) is 10.6 Å². The fraction of sp³-hybridized carbons (Fsp3) is 0.294. The average molecular weight is 394 g/mol. The zero-order chi connectivity index (χ0) is 18.5. The quantitative estimate of drug-likeness (QED) is 0.577. The summed E-state index contributed by atoms with van der Waals surface area (Å²) in [4.78, 5) is 40.1. The van der Waals surface area contributed by atoms with Crippen molar-refractivity contribution in [2.45, 2.75) is 19.4 Å². The molecule has 0 aliphatic carbocycles. The molecule has 1 aliphatic heterocycles. The molecule has 1 aliphatic rings. The standard InChI is InChI=1S/C17H16ClN3O4S/c18-12-5-3-11(4-6-12)16-20-13(10-26-16)9-25-15(23)2-1-7-21-14(22)8-19-17(21)24/h3-6,10H,1-2,7-9H2,(H,19,24). The highest BCUT2D eigenvalue weighted by molar-refractivity contribution is 7.13. The van der Waals surface area contributed by atoms with Gasteiger partial charge in [-0.15, -0.1) is 11.3 Å². The van der Waals surface area contributed by atoms with Crippen molar-refractivity contribution in [3.05, 3.63) is 40.4 Å². The van der Waals surface area contributed by atoms with Gasteiger partial charge in [0.1, 0.15) is 11.6 Å². The Morgan fingerprint density at radius 2 is 2.08 bits per heavy atom. The molecule has 7 nitrogen and oxygen atoms in total. The van der Waals surface area contributed by atoms with E-state index in [1.807, 2.05) is 17.5 Å². The number of nitrogens with one attached hydrogen (secondary N) is 1. The van der Waals surface area contributed by atoms with Crippen molar-refractivity contribution in [3.63, 3.8) is 0 Å². The number of ether oxygens (including phenoxy) is 1. The van der Waals surface area contributed by atoms with E-state index in [-0.39, 0.29) is 32.0 Å². The number of hydrogen-bond donors (Lipinski definition) is 1. The second-order valence-electron chi connectivity index (χ2n) is 5.62. The topological polar surface area (TPSA) is 88.6 Å². The Bertz CT molecular complexity index is 806. The maximum absolute atomic E-state index is 11.8. The van der Waals surface area contributed by atoms with Gasteiger partial charge in [-0.3, -0.25) is 14.5 Å². The van der Waals surface area contributed by atoms with E-state index in [1.54, 1.807) is 12.1 Å². The predicted molar refractivity (Wildman–Crippen MR) is 96.7 cm³/mol. The van der Waals surface area contributed by atoms with Gasteiger partial charge in [0.25, 0.3) is 0 Å². The van der Waals surface area contributed by atoms with Gasteiger partial charge in [0, 0.05) is 28.9 Å². The van der Waals surface area contributed by atoms with E-state index in [0.717, 1.165) is 15.5 Å². The fourth-order valence-corrected chi connectivity index (χ4v) is 3.32. The minimum Gasteiger partial charge on any atom is -0.459 e. The molecule has 1 aromatic carbocycles. The van der Waals surface area contributed by atoms with E-state index in [1.165, 1.54) is 11.3 Å². The van der Waals surface area contributed by atoms with Crippen molar-refractivity contribution >= 4 is 40.8 Å². The molecule has 1 saturated heterocycles. The average Bonchev–Trinajstić information content (AvgIpc) is 3.22. The van der Waals surface area contributed by atoms with Crippen LogP contribution in [0.15, 0.2) is 29.6 Å². The summed E-state index contributed by atoms with van der Waals surface area (Å²) < 4.78 is 5.19. The molecule has 0 unspecified atom stereocenters. The SMILES string of the molecule is O=C(CCCN1C(=O)CNC1=O)OCc1csc(-c2ccc(Cl)cc2)n1. The minimum absolute atomic E-state index is 0.0169. The first-order valence-corrected chi connectivity index (χ1v) is 9.23. The summed E-state index contributed by atoms with van der Waals surface area (Å²) in [6, 6.07) is 6.94. The van der Waals surface area contributed by atoms with Crippen molar-refractivity contribution in [3.8, 4) is 10.6 Å². The van der Waals surface area contributed by atoms with Crippen LogP contribution in [0.2, 0.25) is 5.02 Å². The lowest BCUT2D eigenvalue weighted by atomic mass is 10.2. The van der Waals surface area contributed by atoms with Crippen LogP contribution in [-0.4, -0.2) is 40.9 Å². The van der Waals surface area contributed by atoms with E-state index in [2.05, 4.69) is 10.3 Å². The Balaban J connectivity index is 1.42. The number of aromatic nitrogens is 1. The Morgan fingerprint density at radius 1 is 1.31 bits per heavy atom. The molecule has 1 aromatic heterocycles. The first-order chi connectivity index (χ1) is 12.5. The van der Waals surface area contributed by atoms with Gasteiger partial charge in [0.2, 0.25) is 5.91 Å². The van der Waals surface area contributed by atoms with E-state index in [4.69, 9.17) is 16.3 Å². The zero-order valence-electron chi connectivity index (χ0n) is 13.7. The molecule has 2 aromatic rings. The summed E-state index contributed by atoms with van der Waals surface area (Å²) in [7, 11) is 0. The number of rotatable bonds is 7. The van der Waals surface area contributed by atoms with Gasteiger partial charge in [0.15, 0.2) is 0 Å². The molecule has 3 amide bonds. The number of nitrogens with zero attached hydrogens (tertiary/aromatic N) is 2. The largest absolute Gasteiger partial charge is 0.459 e. The van der Waals surface area contributed by atoms with Gasteiger partial charge in [0.05, 0.1) is 12.2 Å². The molecule has 9 heteroatoms. The van der Waals surface area contributed by atoms with Gasteiger partial charge in [-0.25, -0.2) is 9.78 Å². The molecular weight excluding hydrogens is 378 g/mol. The summed E-state index contributed by atoms with van der Waals surface area (Å²) in [5.74, 6) is -0.668. The molecule has 1 N–H and O–H groups in total. The van der Waals surface area contributed by atoms with Crippen LogP contribution >= 0.6 is 22.9 Å². The van der Waals surface area contributed by atoms with E-state index < -0.39 is 12.0 Å². The Kier molecular flexibility index (Phi) is 5.85. The third kappa shape index (κ3) is 4.59. The number of amides is 3. The van der Waals surface area contributed by atoms with E-state index in [0.29, 0.717) is 17.1 Å². The van der Waals surface area contributed by atoms with Crippen LogP contribution in [0.1, 0.15) is 18.5 Å². The molecule has 1 fully saturated rings. The second kappa shape index (κ2) is 8.29. The summed E-state index contributed by atoms with van der Waals surface area (Å²) in [5.41, 5.74) is 1.62. The van der Waals surface area contributed by atoms with Gasteiger partial charge >= 0.3 is 12.0 Å². The normalized spacial score (nSPS) is 13.8. The molecule has 0 saturated carbocycles. The van der Waals surface area contributed by atoms with E-state index >= 15 is 0 Å². The number of carbonyl (C=O) groups excluding carboxylic acids is 3. The molecule has 3 rings (SSSR count). The number of thiazole rings is 1. The summed E-state index contributed by atoms with van der Waals surface area (Å²) in [6.45, 7) is 0.312. The third-order valence-corrected chi connectivity index (χ3v) is 4.92. The van der Waals surface area contributed by atoms with Crippen LogP contribution in [0.3, 0.4) is 0 Å². The van der Waals surface area contributed by atoms with Crippen molar-refractivity contribution in [2.75, 3.05) is 13.1 Å². The maximum Gasteiger partial charge on any atom is 0.324 e. The van der Waals surface area contributed by atoms with Crippen molar-refractivity contribution < 1.29 is 19.1 Å². The van der Waals surface area contributed by atoms with Gasteiger partial charge in [-0.1, -0.05) is 23.7 Å². The first kappa shape index (κ1) is 18.3. The van der Waals surface area contributed by atoms with E-state index in [9.17, 15) is 14.4 Å². The predicted octanol–water partition coefficient (Wildman–Crippen LogP) is 2.84. The number of halogens is 1. The summed E-state index contributed by atoms with van der Waals surface area (Å²) in [6.07, 6.45) is 0.496. The molecule has 0 bridgehead atoms. The maximum atomic E-state index is 11.8. The summed E-state index contributed by atoms with van der Waals surface area (Å²) >= 11 is 7.33. The number of urea groups is 1. The number of hydrogen-bond acceptors (Lipinski definition) is 6. The van der Waals surface area contributed by atoms with Crippen molar-refractivity contribution in [1.29, 1.82) is 0 Å². The molecule has 2 heterocycles. The van der Waals surface area contributed by atoms with Gasteiger partial charge < -0.3 is 10.1 Å². The monoisotopic (exact) mass is 393 g/mol. The van der Waals surface area contributed by atoms with Crippen LogP contribution in [0.4, 0.5) is 4.79 Å². The molecule has 136 valence electrons. The fourth-order valence-electron chi connectivity index (χ4n) is 2.39. The summed E-state index contributed by atoms with van der Waals surface area (Å²) in [5, 5.41) is 5.75. The number of carbonyl (C=O) groups is 3. The van der Waals surface area contributed by atoms with Gasteiger partial charge in [-0.2, -0.15) is 0 Å². The molecule has 26 heavy (non-hydrogen) atoms. The highest BCUT2D eigenvalue weighted by Crippen LogP contribution is 2.25. The van der Waals surface area contributed by atoms with Crippen LogP contribution in [0, 0.1) is 0 Å². The molecule has 0 spiro atoms. The van der Waals surface area contributed by atoms with Crippen LogP contribution in [-0.2, 0) is 20.9 Å². The lowest BCUT2D eigenvalue weighted by Crippen LogP contribution is -2.32. The smallest absolute Gasteiger partial charge is 0.324 e. The van der Waals surface area contributed by atoms with Crippen molar-refractivity contribution in [2.24, 2.45) is 0 Å². The van der Waals surface area contributed by atoms with Crippen molar-refractivity contribution in [1.82, 2.24) is 15.2 Å². The van der Waals surface area contributed by atoms with Crippen LogP contribution in [0.5, 0.6) is 0 Å². The van der Waals surface area contributed by atoms with Gasteiger partial charge in [-0.05, 0) is 18.6 Å². The Labute approximate surface area is 158 Å². The lowest BCUT2D eigenvalue weighted by Gasteiger charge is -2.11. The number of esters is 1. The zero-order valence-corrected chi connectivity index (χ0v) is 15.3. The second-order valence-corrected chi connectivity index (χ2v) is 6.91. The molecule has 0 atom stereocenters. The highest BCUT2D eigenvalue weighted by Gasteiger charge is 2.27. The Morgan fingerprint density at radius 3 is 2.77 bits per heavy atom. The number of imide groups is 1. The first-order valence-electron chi connectivity index (χ1n) is 7.97. The molecular formula is C17H16ClN3O4S. The number of benzene rings is 1. The van der Waals surface area contributed by atoms with Crippen LogP contribution < -0.4 is 5.32 Å². The lowest BCUT2D eigenvalue weighted by molar-refractivity contribution is -0.145. The highest BCUT2D eigenvalue weighted by atomic mass is 35.5. The Hall–Kier alpha value is -2.45.